The van der Waals surface area contributed by atoms with Crippen LogP contribution < -0.4 is 0 Å². The summed E-state index contributed by atoms with van der Waals surface area (Å²) in [5.41, 5.74) is 0. The van der Waals surface area contributed by atoms with Gasteiger partial charge in [-0.25, -0.2) is 0 Å². The molecule has 12 heavy (non-hydrogen) atoms. The largest absolute Gasteiger partial charge is 0.391 e. The number of amides is 1. The summed E-state index contributed by atoms with van der Waals surface area (Å²) in [6.07, 6.45) is 1.14. The summed E-state index contributed by atoms with van der Waals surface area (Å²) in [4.78, 5) is 12.6. The minimum absolute atomic E-state index is 0.146. The highest BCUT2D eigenvalue weighted by atomic mass is 16.3. The lowest BCUT2D eigenvalue weighted by molar-refractivity contribution is -0.140. The van der Waals surface area contributed by atoms with Gasteiger partial charge in [0.1, 0.15) is 6.61 Å². The van der Waals surface area contributed by atoms with Crippen molar-refractivity contribution in [2.75, 3.05) is 13.2 Å². The molecule has 1 amide bonds. The van der Waals surface area contributed by atoms with Gasteiger partial charge >= 0.3 is 0 Å². The van der Waals surface area contributed by atoms with E-state index in [1.807, 2.05) is 6.92 Å². The molecule has 1 aliphatic rings. The minimum atomic E-state index is -0.461. The van der Waals surface area contributed by atoms with Crippen LogP contribution in [-0.2, 0) is 4.79 Å². The number of carbonyl (C=O) groups excluding carboxylic acids is 1. The quantitative estimate of drug-likeness (QED) is 0.554. The molecule has 0 aromatic rings. The molecular weight excluding hydrogens is 158 g/mol. The average Bonchev–Trinajstić information content (AvgIpc) is 2.08. The molecule has 0 spiro atoms. The summed E-state index contributed by atoms with van der Waals surface area (Å²) >= 11 is 0. The summed E-state index contributed by atoms with van der Waals surface area (Å²) < 4.78 is 0. The Bertz CT molecular complexity index is 172. The Kier molecular flexibility index (Phi) is 3.05. The van der Waals surface area contributed by atoms with Gasteiger partial charge in [0.05, 0.1) is 6.10 Å². The minimum Gasteiger partial charge on any atom is -0.391 e. The summed E-state index contributed by atoms with van der Waals surface area (Å²) in [6, 6.07) is 0.146. The molecule has 4 nitrogen and oxygen atoms in total. The first kappa shape index (κ1) is 9.48. The average molecular weight is 173 g/mol. The van der Waals surface area contributed by atoms with Gasteiger partial charge in [-0.2, -0.15) is 0 Å². The lowest BCUT2D eigenvalue weighted by Gasteiger charge is -2.35. The second-order valence-corrected chi connectivity index (χ2v) is 3.28. The SMILES string of the molecule is C[C@@H]1CC[C@@H](O)CN1C(=O)CO. The molecule has 0 aromatic carbocycles. The number of hydrogen-bond acceptors (Lipinski definition) is 3. The van der Waals surface area contributed by atoms with E-state index in [2.05, 4.69) is 0 Å². The van der Waals surface area contributed by atoms with Gasteiger partial charge < -0.3 is 15.1 Å². The summed E-state index contributed by atoms with van der Waals surface area (Å²) in [5, 5.41) is 17.9. The molecule has 2 atom stereocenters. The van der Waals surface area contributed by atoms with Crippen LogP contribution in [-0.4, -0.2) is 46.3 Å². The zero-order valence-electron chi connectivity index (χ0n) is 7.23. The summed E-state index contributed by atoms with van der Waals surface area (Å²) in [5.74, 6) is -0.291. The number of β-amino-alcohol motifs (C(OH)–C–C–N with tert-alkyl or cyclic N) is 1. The Morgan fingerprint density at radius 2 is 2.25 bits per heavy atom. The maximum atomic E-state index is 11.1. The molecule has 1 fully saturated rings. The smallest absolute Gasteiger partial charge is 0.248 e. The van der Waals surface area contributed by atoms with Crippen molar-refractivity contribution < 1.29 is 15.0 Å². The van der Waals surface area contributed by atoms with E-state index < -0.39 is 12.7 Å². The number of likely N-dealkylation sites (tertiary alicyclic amines) is 1. The molecule has 0 aromatic heterocycles. The second kappa shape index (κ2) is 3.87. The van der Waals surface area contributed by atoms with Gasteiger partial charge in [-0.05, 0) is 19.8 Å². The summed E-state index contributed by atoms with van der Waals surface area (Å²) in [6.45, 7) is 1.83. The van der Waals surface area contributed by atoms with E-state index in [-0.39, 0.29) is 11.9 Å². The van der Waals surface area contributed by atoms with Gasteiger partial charge in [0, 0.05) is 12.6 Å². The van der Waals surface area contributed by atoms with Gasteiger partial charge in [0.2, 0.25) is 5.91 Å². The van der Waals surface area contributed by atoms with Crippen molar-refractivity contribution in [2.24, 2.45) is 0 Å². The monoisotopic (exact) mass is 173 g/mol. The highest BCUT2D eigenvalue weighted by Crippen LogP contribution is 2.16. The molecular formula is C8H15NO3. The highest BCUT2D eigenvalue weighted by molar-refractivity contribution is 5.77. The van der Waals surface area contributed by atoms with E-state index >= 15 is 0 Å². The predicted octanol–water partition coefficient (Wildman–Crippen LogP) is -0.649. The molecule has 0 bridgehead atoms. The van der Waals surface area contributed by atoms with Gasteiger partial charge in [-0.3, -0.25) is 4.79 Å². The zero-order chi connectivity index (χ0) is 9.14. The molecule has 1 aliphatic heterocycles. The van der Waals surface area contributed by atoms with Crippen LogP contribution in [0, 0.1) is 0 Å². The van der Waals surface area contributed by atoms with Crippen LogP contribution in [0.3, 0.4) is 0 Å². The van der Waals surface area contributed by atoms with E-state index in [1.54, 1.807) is 0 Å². The number of carbonyl (C=O) groups is 1. The van der Waals surface area contributed by atoms with Crippen LogP contribution in [0.1, 0.15) is 19.8 Å². The van der Waals surface area contributed by atoms with Crippen LogP contribution in [0.25, 0.3) is 0 Å². The molecule has 4 heteroatoms. The first-order valence-corrected chi connectivity index (χ1v) is 4.23. The zero-order valence-corrected chi connectivity index (χ0v) is 7.23. The van der Waals surface area contributed by atoms with Crippen LogP contribution >= 0.6 is 0 Å². The van der Waals surface area contributed by atoms with Crippen LogP contribution in [0.5, 0.6) is 0 Å². The van der Waals surface area contributed by atoms with Crippen molar-refractivity contribution in [3.05, 3.63) is 0 Å². The molecule has 0 saturated carbocycles. The molecule has 0 radical (unpaired) electrons. The van der Waals surface area contributed by atoms with Gasteiger partial charge in [-0.15, -0.1) is 0 Å². The van der Waals surface area contributed by atoms with E-state index in [9.17, 15) is 9.90 Å². The Labute approximate surface area is 71.8 Å². The number of aliphatic hydroxyl groups is 2. The first-order valence-electron chi connectivity index (χ1n) is 4.23. The Morgan fingerprint density at radius 1 is 1.58 bits per heavy atom. The standard InChI is InChI=1S/C8H15NO3/c1-6-2-3-7(11)4-9(6)8(12)5-10/h6-7,10-11H,2-5H2,1H3/t6-,7-/m1/s1. The Hall–Kier alpha value is -0.610. The lowest BCUT2D eigenvalue weighted by atomic mass is 10.0. The number of aliphatic hydroxyl groups excluding tert-OH is 2. The topological polar surface area (TPSA) is 60.8 Å². The molecule has 1 heterocycles. The van der Waals surface area contributed by atoms with E-state index in [4.69, 9.17) is 5.11 Å². The molecule has 0 unspecified atom stereocenters. The molecule has 1 rings (SSSR count). The third-order valence-electron chi connectivity index (χ3n) is 2.31. The molecule has 0 aliphatic carbocycles. The van der Waals surface area contributed by atoms with Crippen LogP contribution in [0.4, 0.5) is 0 Å². The van der Waals surface area contributed by atoms with Gasteiger partial charge in [-0.1, -0.05) is 0 Å². The fourth-order valence-electron chi connectivity index (χ4n) is 1.53. The van der Waals surface area contributed by atoms with Crippen molar-refractivity contribution in [1.29, 1.82) is 0 Å². The first-order chi connectivity index (χ1) is 5.65. The van der Waals surface area contributed by atoms with Crippen molar-refractivity contribution in [3.63, 3.8) is 0 Å². The van der Waals surface area contributed by atoms with Crippen molar-refractivity contribution in [1.82, 2.24) is 4.90 Å². The van der Waals surface area contributed by atoms with Crippen LogP contribution in [0.15, 0.2) is 0 Å². The predicted molar refractivity (Wildman–Crippen MR) is 43.5 cm³/mol. The van der Waals surface area contributed by atoms with Crippen molar-refractivity contribution in [3.8, 4) is 0 Å². The third-order valence-corrected chi connectivity index (χ3v) is 2.31. The van der Waals surface area contributed by atoms with E-state index in [0.717, 1.165) is 12.8 Å². The van der Waals surface area contributed by atoms with Crippen molar-refractivity contribution in [2.45, 2.75) is 31.9 Å². The Morgan fingerprint density at radius 3 is 2.83 bits per heavy atom. The fraction of sp³-hybridized carbons (Fsp3) is 0.875. The van der Waals surface area contributed by atoms with Crippen molar-refractivity contribution >= 4 is 5.91 Å². The number of nitrogens with zero attached hydrogens (tertiary/aromatic N) is 1. The van der Waals surface area contributed by atoms with Gasteiger partial charge in [0.15, 0.2) is 0 Å². The second-order valence-electron chi connectivity index (χ2n) is 3.28. The number of hydrogen-bond donors (Lipinski definition) is 2. The highest BCUT2D eigenvalue weighted by Gasteiger charge is 2.26. The van der Waals surface area contributed by atoms with E-state index in [1.165, 1.54) is 4.90 Å². The maximum Gasteiger partial charge on any atom is 0.248 e. The molecule has 70 valence electrons. The normalized spacial score (nSPS) is 30.4. The Balaban J connectivity index is 2.54. The maximum absolute atomic E-state index is 11.1. The van der Waals surface area contributed by atoms with E-state index in [0.29, 0.717) is 6.54 Å². The summed E-state index contributed by atoms with van der Waals surface area (Å²) in [7, 11) is 0. The molecule has 1 saturated heterocycles. The molecule has 2 N–H and O–H groups in total. The number of rotatable bonds is 1. The lowest BCUT2D eigenvalue weighted by Crippen LogP contribution is -2.48. The third kappa shape index (κ3) is 1.95. The number of piperidine rings is 1. The van der Waals surface area contributed by atoms with Crippen LogP contribution in [0.2, 0.25) is 0 Å². The van der Waals surface area contributed by atoms with Gasteiger partial charge in [0.25, 0.3) is 0 Å². The fourth-order valence-corrected chi connectivity index (χ4v) is 1.53.